The van der Waals surface area contributed by atoms with Crippen molar-refractivity contribution in [3.63, 3.8) is 0 Å². The normalized spacial score (nSPS) is 23.4. The molecule has 2 aliphatic heterocycles. The number of likely N-dealkylation sites (tertiary alicyclic amines) is 1. The lowest BCUT2D eigenvalue weighted by molar-refractivity contribution is -0.133. The molecule has 1 saturated carbocycles. The Hall–Kier alpha value is -1.39. The maximum atomic E-state index is 12.6. The van der Waals surface area contributed by atoms with Gasteiger partial charge in [-0.1, -0.05) is 56.0 Å². The van der Waals surface area contributed by atoms with Crippen molar-refractivity contribution in [1.29, 1.82) is 0 Å². The van der Waals surface area contributed by atoms with Crippen molar-refractivity contribution in [2.75, 3.05) is 39.3 Å². The maximum absolute atomic E-state index is 12.6. The van der Waals surface area contributed by atoms with Crippen molar-refractivity contribution in [3.8, 4) is 0 Å². The number of carbonyl (C=O) groups is 1. The molecule has 3 aliphatic rings. The minimum atomic E-state index is 0.407. The van der Waals surface area contributed by atoms with Crippen LogP contribution in [-0.2, 0) is 11.3 Å². The van der Waals surface area contributed by atoms with Gasteiger partial charge in [-0.25, -0.2) is 0 Å². The summed E-state index contributed by atoms with van der Waals surface area (Å²) in [6.45, 7) is 7.48. The van der Waals surface area contributed by atoms with Crippen molar-refractivity contribution in [1.82, 2.24) is 14.7 Å². The lowest BCUT2D eigenvalue weighted by Crippen LogP contribution is -2.54. The summed E-state index contributed by atoms with van der Waals surface area (Å²) in [5.41, 5.74) is 1.42. The number of piperidine rings is 1. The molecule has 4 heteroatoms. The molecule has 1 amide bonds. The van der Waals surface area contributed by atoms with Crippen LogP contribution in [0.2, 0.25) is 0 Å². The van der Waals surface area contributed by atoms with Gasteiger partial charge in [0.25, 0.3) is 0 Å². The molecule has 4 rings (SSSR count). The number of carbonyl (C=O) groups excluding carboxylic acids is 1. The molecule has 0 spiro atoms. The molecular formula is C24H37N3O. The van der Waals surface area contributed by atoms with Crippen LogP contribution in [0.25, 0.3) is 0 Å². The summed E-state index contributed by atoms with van der Waals surface area (Å²) in [5.74, 6) is 1.23. The Bertz CT molecular complexity index is 598. The average molecular weight is 384 g/mol. The fourth-order valence-electron chi connectivity index (χ4n) is 5.41. The Morgan fingerprint density at radius 2 is 1.54 bits per heavy atom. The fourth-order valence-corrected chi connectivity index (χ4v) is 5.41. The molecule has 28 heavy (non-hydrogen) atoms. The van der Waals surface area contributed by atoms with Gasteiger partial charge in [0.1, 0.15) is 0 Å². The second kappa shape index (κ2) is 9.89. The first-order chi connectivity index (χ1) is 13.8. The van der Waals surface area contributed by atoms with E-state index < -0.39 is 0 Å². The topological polar surface area (TPSA) is 26.8 Å². The van der Waals surface area contributed by atoms with E-state index in [0.717, 1.165) is 51.5 Å². The Morgan fingerprint density at radius 3 is 2.21 bits per heavy atom. The predicted molar refractivity (Wildman–Crippen MR) is 114 cm³/mol. The Morgan fingerprint density at radius 1 is 0.857 bits per heavy atom. The maximum Gasteiger partial charge on any atom is 0.222 e. The smallest absolute Gasteiger partial charge is 0.222 e. The number of hydrogen-bond donors (Lipinski definition) is 0. The zero-order valence-electron chi connectivity index (χ0n) is 17.4. The molecule has 0 bridgehead atoms. The van der Waals surface area contributed by atoms with Gasteiger partial charge < -0.3 is 4.90 Å². The summed E-state index contributed by atoms with van der Waals surface area (Å²) < 4.78 is 0. The first kappa shape index (κ1) is 19.9. The van der Waals surface area contributed by atoms with Gasteiger partial charge in [0.2, 0.25) is 5.91 Å². The zero-order valence-corrected chi connectivity index (χ0v) is 17.4. The van der Waals surface area contributed by atoms with Gasteiger partial charge >= 0.3 is 0 Å². The second-order valence-electron chi connectivity index (χ2n) is 9.10. The van der Waals surface area contributed by atoms with Crippen LogP contribution in [0.1, 0.15) is 56.9 Å². The van der Waals surface area contributed by atoms with Crippen LogP contribution in [0.15, 0.2) is 30.3 Å². The van der Waals surface area contributed by atoms with Crippen molar-refractivity contribution in [3.05, 3.63) is 35.9 Å². The van der Waals surface area contributed by atoms with Crippen LogP contribution in [0.4, 0.5) is 0 Å². The third-order valence-corrected chi connectivity index (χ3v) is 7.23. The molecule has 0 aromatic heterocycles. The highest BCUT2D eigenvalue weighted by molar-refractivity contribution is 5.76. The van der Waals surface area contributed by atoms with E-state index in [4.69, 9.17) is 0 Å². The van der Waals surface area contributed by atoms with Crippen LogP contribution in [0.5, 0.6) is 0 Å². The molecule has 1 aliphatic carbocycles. The molecule has 0 unspecified atom stereocenters. The van der Waals surface area contributed by atoms with Gasteiger partial charge in [0.05, 0.1) is 0 Å². The molecule has 0 atom stereocenters. The Labute approximate surface area is 170 Å². The Balaban J connectivity index is 1.15. The van der Waals surface area contributed by atoms with Crippen molar-refractivity contribution < 1.29 is 4.79 Å². The van der Waals surface area contributed by atoms with Crippen LogP contribution in [0, 0.1) is 5.92 Å². The van der Waals surface area contributed by atoms with Crippen molar-refractivity contribution in [2.24, 2.45) is 5.92 Å². The van der Waals surface area contributed by atoms with E-state index in [9.17, 15) is 4.79 Å². The van der Waals surface area contributed by atoms with Crippen LogP contribution in [0.3, 0.4) is 0 Å². The summed E-state index contributed by atoms with van der Waals surface area (Å²) in [4.78, 5) is 19.9. The van der Waals surface area contributed by atoms with Crippen LogP contribution < -0.4 is 0 Å². The van der Waals surface area contributed by atoms with Crippen LogP contribution in [-0.4, -0.2) is 65.9 Å². The first-order valence-corrected chi connectivity index (χ1v) is 11.6. The first-order valence-electron chi connectivity index (χ1n) is 11.6. The third-order valence-electron chi connectivity index (χ3n) is 7.23. The standard InChI is InChI=1S/C24H37N3O/c28-24(11-10-21-6-4-5-7-21)27-18-16-26(17-19-27)23-12-14-25(15-13-23)20-22-8-2-1-3-9-22/h1-3,8-9,21,23H,4-7,10-20H2. The van der Waals surface area contributed by atoms with Gasteiger partial charge in [-0.3, -0.25) is 14.6 Å². The largest absolute Gasteiger partial charge is 0.340 e. The molecule has 0 radical (unpaired) electrons. The van der Waals surface area contributed by atoms with Crippen molar-refractivity contribution in [2.45, 2.75) is 64.0 Å². The third kappa shape index (κ3) is 5.36. The number of nitrogens with zero attached hydrogens (tertiary/aromatic N) is 3. The Kier molecular flexibility index (Phi) is 7.03. The molecule has 1 aromatic carbocycles. The summed E-state index contributed by atoms with van der Waals surface area (Å²) in [5, 5.41) is 0. The SMILES string of the molecule is O=C(CCC1CCCC1)N1CCN(C2CCN(Cc3ccccc3)CC2)CC1. The number of hydrogen-bond acceptors (Lipinski definition) is 3. The molecule has 4 nitrogen and oxygen atoms in total. The van der Waals surface area contributed by atoms with E-state index in [1.165, 1.54) is 57.2 Å². The lowest BCUT2D eigenvalue weighted by atomic mass is 10.0. The highest BCUT2D eigenvalue weighted by atomic mass is 16.2. The molecular weight excluding hydrogens is 346 g/mol. The highest BCUT2D eigenvalue weighted by Crippen LogP contribution is 2.29. The molecule has 2 heterocycles. The van der Waals surface area contributed by atoms with E-state index >= 15 is 0 Å². The second-order valence-corrected chi connectivity index (χ2v) is 9.10. The van der Waals surface area contributed by atoms with Gasteiger partial charge in [-0.05, 0) is 43.8 Å². The van der Waals surface area contributed by atoms with E-state index in [0.29, 0.717) is 11.9 Å². The molecule has 1 aromatic rings. The number of piperazine rings is 1. The highest BCUT2D eigenvalue weighted by Gasteiger charge is 2.29. The number of amides is 1. The van der Waals surface area contributed by atoms with Gasteiger partial charge in [0.15, 0.2) is 0 Å². The number of rotatable bonds is 6. The predicted octanol–water partition coefficient (Wildman–Crippen LogP) is 3.77. The quantitative estimate of drug-likeness (QED) is 0.748. The van der Waals surface area contributed by atoms with E-state index in [1.807, 2.05) is 0 Å². The van der Waals surface area contributed by atoms with E-state index in [-0.39, 0.29) is 0 Å². The average Bonchev–Trinajstić information content (AvgIpc) is 3.27. The molecule has 3 fully saturated rings. The van der Waals surface area contributed by atoms with E-state index in [1.54, 1.807) is 0 Å². The zero-order chi connectivity index (χ0) is 19.2. The molecule has 154 valence electrons. The van der Waals surface area contributed by atoms with Crippen LogP contribution >= 0.6 is 0 Å². The minimum absolute atomic E-state index is 0.407. The summed E-state index contributed by atoms with van der Waals surface area (Å²) in [6, 6.07) is 11.5. The molecule has 0 N–H and O–H groups in total. The minimum Gasteiger partial charge on any atom is -0.340 e. The van der Waals surface area contributed by atoms with Gasteiger partial charge in [-0.2, -0.15) is 0 Å². The fraction of sp³-hybridized carbons (Fsp3) is 0.708. The summed E-state index contributed by atoms with van der Waals surface area (Å²) >= 11 is 0. The number of benzene rings is 1. The monoisotopic (exact) mass is 383 g/mol. The summed E-state index contributed by atoms with van der Waals surface area (Å²) in [6.07, 6.45) is 9.89. The van der Waals surface area contributed by atoms with Gasteiger partial charge in [0, 0.05) is 45.2 Å². The molecule has 2 saturated heterocycles. The van der Waals surface area contributed by atoms with Gasteiger partial charge in [-0.15, -0.1) is 0 Å². The van der Waals surface area contributed by atoms with E-state index in [2.05, 4.69) is 45.0 Å². The summed E-state index contributed by atoms with van der Waals surface area (Å²) in [7, 11) is 0. The van der Waals surface area contributed by atoms with Crippen molar-refractivity contribution >= 4 is 5.91 Å². The lowest BCUT2D eigenvalue weighted by Gasteiger charge is -2.43.